The average Bonchev–Trinajstić information content (AvgIpc) is 2.72. The van der Waals surface area contributed by atoms with E-state index in [1.54, 1.807) is 7.11 Å². The van der Waals surface area contributed by atoms with Crippen molar-refractivity contribution in [3.63, 3.8) is 0 Å². The van der Waals surface area contributed by atoms with Crippen LogP contribution in [0.15, 0.2) is 30.3 Å². The number of ether oxygens (including phenoxy) is 1. The predicted molar refractivity (Wildman–Crippen MR) is 71.7 cm³/mol. The minimum atomic E-state index is -0.0876. The van der Waals surface area contributed by atoms with Crippen molar-refractivity contribution in [3.8, 4) is 0 Å². The molecule has 4 nitrogen and oxygen atoms in total. The summed E-state index contributed by atoms with van der Waals surface area (Å²) in [5.74, 6) is 0.157. The second kappa shape index (κ2) is 5.98. The molecule has 2 rings (SSSR count). The number of rotatable bonds is 5. The first-order valence-electron chi connectivity index (χ1n) is 6.34. The number of carbonyl (C=O) groups excluding carboxylic acids is 1. The van der Waals surface area contributed by atoms with Crippen molar-refractivity contribution in [3.05, 3.63) is 30.3 Å². The van der Waals surface area contributed by atoms with Gasteiger partial charge in [0.2, 0.25) is 5.91 Å². The molecule has 18 heavy (non-hydrogen) atoms. The van der Waals surface area contributed by atoms with Gasteiger partial charge in [-0.2, -0.15) is 0 Å². The van der Waals surface area contributed by atoms with E-state index in [9.17, 15) is 4.79 Å². The number of nitrogens with zero attached hydrogens (tertiary/aromatic N) is 1. The monoisotopic (exact) mass is 248 g/mol. The van der Waals surface area contributed by atoms with Crippen LogP contribution in [0.3, 0.4) is 0 Å². The van der Waals surface area contributed by atoms with Crippen molar-refractivity contribution in [2.75, 3.05) is 25.2 Å². The largest absolute Gasteiger partial charge is 0.383 e. The topological polar surface area (TPSA) is 41.6 Å². The molecular weight excluding hydrogens is 228 g/mol. The molecule has 2 atom stereocenters. The molecule has 0 spiro atoms. The van der Waals surface area contributed by atoms with Crippen LogP contribution in [0.1, 0.15) is 13.3 Å². The lowest BCUT2D eigenvalue weighted by Crippen LogP contribution is -2.44. The molecule has 1 aromatic carbocycles. The van der Waals surface area contributed by atoms with Crippen molar-refractivity contribution in [1.29, 1.82) is 0 Å². The number of amides is 1. The summed E-state index contributed by atoms with van der Waals surface area (Å²) in [4.78, 5) is 14.1. The molecule has 1 aliphatic heterocycles. The molecule has 0 saturated carbocycles. The average molecular weight is 248 g/mol. The van der Waals surface area contributed by atoms with Crippen LogP contribution in [0, 0.1) is 0 Å². The van der Waals surface area contributed by atoms with Crippen LogP contribution in [-0.2, 0) is 9.53 Å². The standard InChI is InChI=1S/C14H20N2O2/c1-11(10-18-2)15-13-8-9-16(14(13)17)12-6-4-3-5-7-12/h3-7,11,13,15H,8-10H2,1-2H3. The van der Waals surface area contributed by atoms with E-state index in [1.807, 2.05) is 42.2 Å². The van der Waals surface area contributed by atoms with E-state index in [1.165, 1.54) is 0 Å². The van der Waals surface area contributed by atoms with E-state index >= 15 is 0 Å². The summed E-state index contributed by atoms with van der Waals surface area (Å²) >= 11 is 0. The summed E-state index contributed by atoms with van der Waals surface area (Å²) in [7, 11) is 1.67. The maximum absolute atomic E-state index is 12.3. The van der Waals surface area contributed by atoms with Gasteiger partial charge in [-0.3, -0.25) is 4.79 Å². The van der Waals surface area contributed by atoms with Crippen molar-refractivity contribution in [2.45, 2.75) is 25.4 Å². The van der Waals surface area contributed by atoms with Crippen LogP contribution in [0.25, 0.3) is 0 Å². The molecule has 0 aromatic heterocycles. The first-order chi connectivity index (χ1) is 8.72. The number of hydrogen-bond acceptors (Lipinski definition) is 3. The summed E-state index contributed by atoms with van der Waals surface area (Å²) in [5.41, 5.74) is 0.978. The predicted octanol–water partition coefficient (Wildman–Crippen LogP) is 1.42. The van der Waals surface area contributed by atoms with Gasteiger partial charge < -0.3 is 15.0 Å². The second-order valence-corrected chi connectivity index (χ2v) is 4.69. The molecule has 1 N–H and O–H groups in total. The van der Waals surface area contributed by atoms with E-state index < -0.39 is 0 Å². The highest BCUT2D eigenvalue weighted by molar-refractivity contribution is 5.99. The fraction of sp³-hybridized carbons (Fsp3) is 0.500. The Bertz CT molecular complexity index is 394. The van der Waals surface area contributed by atoms with Crippen LogP contribution in [-0.4, -0.2) is 38.3 Å². The summed E-state index contributed by atoms with van der Waals surface area (Å²) in [6.07, 6.45) is 0.849. The van der Waals surface area contributed by atoms with Gasteiger partial charge in [0.05, 0.1) is 12.6 Å². The molecule has 1 amide bonds. The normalized spacial score (nSPS) is 21.3. The number of benzene rings is 1. The molecule has 98 valence electrons. The highest BCUT2D eigenvalue weighted by Crippen LogP contribution is 2.21. The summed E-state index contributed by atoms with van der Waals surface area (Å²) in [5, 5.41) is 3.31. The molecular formula is C14H20N2O2. The lowest BCUT2D eigenvalue weighted by Gasteiger charge is -2.19. The van der Waals surface area contributed by atoms with E-state index in [4.69, 9.17) is 4.74 Å². The van der Waals surface area contributed by atoms with Gasteiger partial charge >= 0.3 is 0 Å². The Kier molecular flexibility index (Phi) is 4.33. The fourth-order valence-electron chi connectivity index (χ4n) is 2.34. The quantitative estimate of drug-likeness (QED) is 0.856. The number of anilines is 1. The molecule has 1 aliphatic rings. The van der Waals surface area contributed by atoms with Crippen LogP contribution in [0.4, 0.5) is 5.69 Å². The lowest BCUT2D eigenvalue weighted by molar-refractivity contribution is -0.119. The molecule has 1 heterocycles. The Morgan fingerprint density at radius 3 is 2.83 bits per heavy atom. The highest BCUT2D eigenvalue weighted by atomic mass is 16.5. The zero-order chi connectivity index (χ0) is 13.0. The van der Waals surface area contributed by atoms with Crippen molar-refractivity contribution in [2.24, 2.45) is 0 Å². The van der Waals surface area contributed by atoms with E-state index in [0.29, 0.717) is 6.61 Å². The Morgan fingerprint density at radius 1 is 1.44 bits per heavy atom. The summed E-state index contributed by atoms with van der Waals surface area (Å²) in [6, 6.07) is 9.92. The Hall–Kier alpha value is -1.39. The minimum absolute atomic E-state index is 0.0876. The molecule has 0 aliphatic carbocycles. The Morgan fingerprint density at radius 2 is 2.17 bits per heavy atom. The number of carbonyl (C=O) groups is 1. The van der Waals surface area contributed by atoms with Gasteiger partial charge in [0, 0.05) is 25.4 Å². The Labute approximate surface area is 108 Å². The minimum Gasteiger partial charge on any atom is -0.383 e. The van der Waals surface area contributed by atoms with Crippen LogP contribution in [0.2, 0.25) is 0 Å². The molecule has 0 radical (unpaired) electrons. The number of nitrogens with one attached hydrogen (secondary N) is 1. The van der Waals surface area contributed by atoms with Gasteiger partial charge in [0.15, 0.2) is 0 Å². The zero-order valence-corrected chi connectivity index (χ0v) is 10.9. The number of methoxy groups -OCH3 is 1. The van der Waals surface area contributed by atoms with Crippen LogP contribution in [0.5, 0.6) is 0 Å². The maximum Gasteiger partial charge on any atom is 0.244 e. The SMILES string of the molecule is COCC(C)NC1CCN(c2ccccc2)C1=O. The zero-order valence-electron chi connectivity index (χ0n) is 10.9. The fourth-order valence-corrected chi connectivity index (χ4v) is 2.34. The summed E-state index contributed by atoms with van der Waals surface area (Å²) < 4.78 is 5.07. The summed E-state index contributed by atoms with van der Waals surface area (Å²) in [6.45, 7) is 3.43. The first kappa shape index (κ1) is 13.1. The molecule has 1 saturated heterocycles. The number of hydrogen-bond donors (Lipinski definition) is 1. The second-order valence-electron chi connectivity index (χ2n) is 4.69. The van der Waals surface area contributed by atoms with Crippen LogP contribution >= 0.6 is 0 Å². The molecule has 4 heteroatoms. The molecule has 2 unspecified atom stereocenters. The van der Waals surface area contributed by atoms with Gasteiger partial charge in [0.25, 0.3) is 0 Å². The van der Waals surface area contributed by atoms with E-state index in [2.05, 4.69) is 5.32 Å². The van der Waals surface area contributed by atoms with Crippen LogP contribution < -0.4 is 10.2 Å². The first-order valence-corrected chi connectivity index (χ1v) is 6.34. The van der Waals surface area contributed by atoms with Crippen molar-refractivity contribution >= 4 is 11.6 Å². The van der Waals surface area contributed by atoms with Crippen molar-refractivity contribution < 1.29 is 9.53 Å². The van der Waals surface area contributed by atoms with E-state index in [-0.39, 0.29) is 18.0 Å². The molecule has 0 bridgehead atoms. The Balaban J connectivity index is 1.97. The maximum atomic E-state index is 12.3. The molecule has 1 fully saturated rings. The van der Waals surface area contributed by atoms with Gasteiger partial charge in [0.1, 0.15) is 0 Å². The third kappa shape index (κ3) is 2.89. The van der Waals surface area contributed by atoms with Gasteiger partial charge in [-0.25, -0.2) is 0 Å². The third-order valence-corrected chi connectivity index (χ3v) is 3.18. The highest BCUT2D eigenvalue weighted by Gasteiger charge is 2.32. The third-order valence-electron chi connectivity index (χ3n) is 3.18. The lowest BCUT2D eigenvalue weighted by atomic mass is 10.2. The van der Waals surface area contributed by atoms with Gasteiger partial charge in [-0.05, 0) is 25.5 Å². The van der Waals surface area contributed by atoms with E-state index in [0.717, 1.165) is 18.7 Å². The van der Waals surface area contributed by atoms with Gasteiger partial charge in [-0.15, -0.1) is 0 Å². The number of para-hydroxylation sites is 1. The smallest absolute Gasteiger partial charge is 0.244 e. The molecule has 1 aromatic rings. The van der Waals surface area contributed by atoms with Crippen molar-refractivity contribution in [1.82, 2.24) is 5.32 Å². The van der Waals surface area contributed by atoms with Gasteiger partial charge in [-0.1, -0.05) is 18.2 Å².